The summed E-state index contributed by atoms with van der Waals surface area (Å²) >= 11 is 0. The van der Waals surface area contributed by atoms with Crippen LogP contribution in [0.2, 0.25) is 0 Å². The minimum Gasteiger partial charge on any atom is -0.484 e. The molecule has 0 atom stereocenters. The molecular weight excluding hydrogens is 246 g/mol. The molecule has 19 heavy (non-hydrogen) atoms. The molecule has 0 spiro atoms. The first-order valence-electron chi connectivity index (χ1n) is 6.36. The van der Waals surface area contributed by atoms with Crippen molar-refractivity contribution >= 4 is 11.9 Å². The van der Waals surface area contributed by atoms with Crippen LogP contribution in [0.15, 0.2) is 30.3 Å². The number of rotatable bonds is 7. The van der Waals surface area contributed by atoms with Crippen molar-refractivity contribution in [3.8, 4) is 5.75 Å². The highest BCUT2D eigenvalue weighted by atomic mass is 16.5. The van der Waals surface area contributed by atoms with Crippen LogP contribution in [0.4, 0.5) is 0 Å². The van der Waals surface area contributed by atoms with E-state index in [2.05, 4.69) is 0 Å². The molecule has 0 aliphatic heterocycles. The van der Waals surface area contributed by atoms with Crippen LogP contribution in [0, 0.1) is 0 Å². The molecule has 1 aromatic carbocycles. The maximum atomic E-state index is 12.0. The molecule has 5 heteroatoms. The topological polar surface area (TPSA) is 66.8 Å². The summed E-state index contributed by atoms with van der Waals surface area (Å²) < 4.78 is 5.39. The van der Waals surface area contributed by atoms with Gasteiger partial charge in [-0.05, 0) is 25.0 Å². The normalized spacial score (nSPS) is 13.9. The highest BCUT2D eigenvalue weighted by Crippen LogP contribution is 2.27. The van der Waals surface area contributed by atoms with E-state index >= 15 is 0 Å². The van der Waals surface area contributed by atoms with Gasteiger partial charge in [-0.3, -0.25) is 9.59 Å². The molecule has 0 radical (unpaired) electrons. The number of carbonyl (C=O) groups excluding carboxylic acids is 1. The van der Waals surface area contributed by atoms with Crippen LogP contribution in [0.5, 0.6) is 5.75 Å². The second-order valence-electron chi connectivity index (χ2n) is 4.56. The van der Waals surface area contributed by atoms with E-state index in [9.17, 15) is 9.59 Å². The van der Waals surface area contributed by atoms with Gasteiger partial charge >= 0.3 is 5.97 Å². The molecule has 1 saturated carbocycles. The predicted molar refractivity (Wildman–Crippen MR) is 68.9 cm³/mol. The fraction of sp³-hybridized carbons (Fsp3) is 0.429. The van der Waals surface area contributed by atoms with Crippen LogP contribution >= 0.6 is 0 Å². The van der Waals surface area contributed by atoms with Crippen molar-refractivity contribution in [2.75, 3.05) is 13.2 Å². The Hall–Kier alpha value is -2.04. The standard InChI is InChI=1S/C14H17NO4/c16-13(10-19-12-4-2-1-3-5-12)15(11-6-7-11)9-8-14(17)18/h1-5,11H,6-10H2,(H,17,18). The molecule has 0 bridgehead atoms. The second kappa shape index (κ2) is 6.22. The van der Waals surface area contributed by atoms with Gasteiger partial charge in [-0.1, -0.05) is 18.2 Å². The number of para-hydroxylation sites is 1. The molecule has 1 N–H and O–H groups in total. The summed E-state index contributed by atoms with van der Waals surface area (Å²) in [5.41, 5.74) is 0. The van der Waals surface area contributed by atoms with Gasteiger partial charge in [0.05, 0.1) is 6.42 Å². The minimum atomic E-state index is -0.887. The van der Waals surface area contributed by atoms with Crippen LogP contribution in [-0.2, 0) is 9.59 Å². The number of ether oxygens (including phenoxy) is 1. The molecule has 1 aromatic rings. The first-order valence-corrected chi connectivity index (χ1v) is 6.36. The summed E-state index contributed by atoms with van der Waals surface area (Å²) in [4.78, 5) is 24.2. The lowest BCUT2D eigenvalue weighted by molar-refractivity contribution is -0.139. The van der Waals surface area contributed by atoms with E-state index in [1.807, 2.05) is 18.2 Å². The molecule has 1 fully saturated rings. The van der Waals surface area contributed by atoms with Gasteiger partial charge in [0.1, 0.15) is 5.75 Å². The molecule has 0 heterocycles. The van der Waals surface area contributed by atoms with Gasteiger partial charge in [0.15, 0.2) is 6.61 Å². The predicted octanol–water partition coefficient (Wildman–Crippen LogP) is 1.53. The molecule has 0 unspecified atom stereocenters. The van der Waals surface area contributed by atoms with Crippen LogP contribution in [0.25, 0.3) is 0 Å². The number of hydrogen-bond acceptors (Lipinski definition) is 3. The lowest BCUT2D eigenvalue weighted by atomic mass is 10.3. The van der Waals surface area contributed by atoms with Crippen molar-refractivity contribution in [2.45, 2.75) is 25.3 Å². The third-order valence-electron chi connectivity index (χ3n) is 2.98. The molecular formula is C14H17NO4. The van der Waals surface area contributed by atoms with Crippen molar-refractivity contribution in [1.82, 2.24) is 4.90 Å². The number of aliphatic carboxylic acids is 1. The van der Waals surface area contributed by atoms with Gasteiger partial charge in [-0.25, -0.2) is 0 Å². The number of nitrogens with zero attached hydrogens (tertiary/aromatic N) is 1. The van der Waals surface area contributed by atoms with Gasteiger partial charge in [-0.2, -0.15) is 0 Å². The van der Waals surface area contributed by atoms with E-state index in [-0.39, 0.29) is 31.5 Å². The van der Waals surface area contributed by atoms with E-state index in [1.165, 1.54) is 0 Å². The summed E-state index contributed by atoms with van der Waals surface area (Å²) in [5, 5.41) is 8.69. The summed E-state index contributed by atoms with van der Waals surface area (Å²) in [6.45, 7) is 0.219. The molecule has 1 aliphatic carbocycles. The van der Waals surface area contributed by atoms with Crippen molar-refractivity contribution in [2.24, 2.45) is 0 Å². The zero-order chi connectivity index (χ0) is 13.7. The van der Waals surface area contributed by atoms with Crippen molar-refractivity contribution in [3.63, 3.8) is 0 Å². The number of hydrogen-bond donors (Lipinski definition) is 1. The largest absolute Gasteiger partial charge is 0.484 e. The number of carboxylic acids is 1. The summed E-state index contributed by atoms with van der Waals surface area (Å²) in [5.74, 6) is -0.389. The second-order valence-corrected chi connectivity index (χ2v) is 4.56. The Bertz CT molecular complexity index is 442. The maximum absolute atomic E-state index is 12.0. The molecule has 102 valence electrons. The van der Waals surface area contributed by atoms with Crippen LogP contribution in [0.1, 0.15) is 19.3 Å². The fourth-order valence-corrected chi connectivity index (χ4v) is 1.86. The van der Waals surface area contributed by atoms with Gasteiger partial charge in [0.2, 0.25) is 0 Å². The van der Waals surface area contributed by atoms with E-state index in [4.69, 9.17) is 9.84 Å². The zero-order valence-electron chi connectivity index (χ0n) is 10.6. The third-order valence-corrected chi connectivity index (χ3v) is 2.98. The van der Waals surface area contributed by atoms with Crippen LogP contribution in [-0.4, -0.2) is 41.1 Å². The number of carbonyl (C=O) groups is 2. The Morgan fingerprint density at radius 3 is 2.53 bits per heavy atom. The number of amides is 1. The third kappa shape index (κ3) is 4.28. The Kier molecular flexibility index (Phi) is 4.39. The van der Waals surface area contributed by atoms with Gasteiger partial charge in [-0.15, -0.1) is 0 Å². The van der Waals surface area contributed by atoms with Gasteiger partial charge in [0, 0.05) is 12.6 Å². The highest BCUT2D eigenvalue weighted by Gasteiger charge is 2.32. The van der Waals surface area contributed by atoms with E-state index in [1.54, 1.807) is 17.0 Å². The van der Waals surface area contributed by atoms with Crippen molar-refractivity contribution in [3.05, 3.63) is 30.3 Å². The smallest absolute Gasteiger partial charge is 0.305 e. The monoisotopic (exact) mass is 263 g/mol. The molecule has 5 nitrogen and oxygen atoms in total. The van der Waals surface area contributed by atoms with Gasteiger partial charge < -0.3 is 14.7 Å². The molecule has 2 rings (SSSR count). The van der Waals surface area contributed by atoms with E-state index < -0.39 is 5.97 Å². The van der Waals surface area contributed by atoms with Crippen molar-refractivity contribution in [1.29, 1.82) is 0 Å². The molecule has 0 aromatic heterocycles. The molecule has 1 amide bonds. The summed E-state index contributed by atoms with van der Waals surface area (Å²) in [6, 6.07) is 9.31. The van der Waals surface area contributed by atoms with E-state index in [0.29, 0.717) is 5.75 Å². The summed E-state index contributed by atoms with van der Waals surface area (Å²) in [6.07, 6.45) is 1.89. The van der Waals surface area contributed by atoms with Crippen LogP contribution < -0.4 is 4.74 Å². The Morgan fingerprint density at radius 1 is 1.26 bits per heavy atom. The minimum absolute atomic E-state index is 0.0203. The quantitative estimate of drug-likeness (QED) is 0.810. The lowest BCUT2D eigenvalue weighted by Crippen LogP contribution is -2.38. The number of benzene rings is 1. The average Bonchev–Trinajstić information content (AvgIpc) is 3.22. The number of carboxylic acid groups (broad SMARTS) is 1. The fourth-order valence-electron chi connectivity index (χ4n) is 1.86. The zero-order valence-corrected chi connectivity index (χ0v) is 10.6. The average molecular weight is 263 g/mol. The van der Waals surface area contributed by atoms with Gasteiger partial charge in [0.25, 0.3) is 5.91 Å². The first kappa shape index (κ1) is 13.4. The SMILES string of the molecule is O=C(O)CCN(C(=O)COc1ccccc1)C1CC1. The highest BCUT2D eigenvalue weighted by molar-refractivity contribution is 5.79. The maximum Gasteiger partial charge on any atom is 0.305 e. The molecule has 0 saturated heterocycles. The van der Waals surface area contributed by atoms with E-state index in [0.717, 1.165) is 12.8 Å². The summed E-state index contributed by atoms with van der Waals surface area (Å²) in [7, 11) is 0. The van der Waals surface area contributed by atoms with Crippen LogP contribution in [0.3, 0.4) is 0 Å². The Morgan fingerprint density at radius 2 is 1.95 bits per heavy atom. The van der Waals surface area contributed by atoms with Crippen molar-refractivity contribution < 1.29 is 19.4 Å². The Labute approximate surface area is 111 Å². The Balaban J connectivity index is 1.83. The molecule has 1 aliphatic rings. The lowest BCUT2D eigenvalue weighted by Gasteiger charge is -2.21. The first-order chi connectivity index (χ1) is 9.16.